The number of hydrogen-bond donors (Lipinski definition) is 0. The first-order chi connectivity index (χ1) is 10.5. The second-order valence-corrected chi connectivity index (χ2v) is 8.56. The molecule has 2 saturated heterocycles. The highest BCUT2D eigenvalue weighted by molar-refractivity contribution is 7.88. The van der Waals surface area contributed by atoms with Gasteiger partial charge in [-0.2, -0.15) is 4.31 Å². The molecule has 0 saturated carbocycles. The lowest BCUT2D eigenvalue weighted by atomic mass is 9.81. The van der Waals surface area contributed by atoms with E-state index in [9.17, 15) is 8.42 Å². The number of sulfonamides is 1. The molecule has 0 unspecified atom stereocenters. The van der Waals surface area contributed by atoms with E-state index < -0.39 is 10.0 Å². The molecule has 3 rings (SSSR count). The van der Waals surface area contributed by atoms with Crippen molar-refractivity contribution < 1.29 is 8.42 Å². The second-order valence-electron chi connectivity index (χ2n) is 6.65. The molecule has 1 spiro atoms. The van der Waals surface area contributed by atoms with Crippen LogP contribution >= 0.6 is 0 Å². The summed E-state index contributed by atoms with van der Waals surface area (Å²) in [5, 5.41) is 0. The van der Waals surface area contributed by atoms with Gasteiger partial charge in [0.2, 0.25) is 10.0 Å². The van der Waals surface area contributed by atoms with Gasteiger partial charge in [-0.05, 0) is 44.4 Å². The highest BCUT2D eigenvalue weighted by Gasteiger charge is 2.45. The van der Waals surface area contributed by atoms with Crippen LogP contribution in [-0.4, -0.2) is 54.0 Å². The first kappa shape index (κ1) is 15.9. The molecule has 0 N–H and O–H groups in total. The lowest BCUT2D eigenvalue weighted by Crippen LogP contribution is -2.61. The Balaban J connectivity index is 1.78. The van der Waals surface area contributed by atoms with Crippen LogP contribution < -0.4 is 0 Å². The quantitative estimate of drug-likeness (QED) is 0.852. The van der Waals surface area contributed by atoms with E-state index in [1.54, 1.807) is 4.31 Å². The Kier molecular flexibility index (Phi) is 4.52. The monoisotopic (exact) mass is 323 g/mol. The molecule has 1 aromatic heterocycles. The van der Waals surface area contributed by atoms with Crippen molar-refractivity contribution in [2.75, 3.05) is 25.9 Å². The van der Waals surface area contributed by atoms with E-state index in [-0.39, 0.29) is 5.54 Å². The summed E-state index contributed by atoms with van der Waals surface area (Å²) in [5.41, 5.74) is 0.861. The zero-order valence-corrected chi connectivity index (χ0v) is 14.1. The summed E-state index contributed by atoms with van der Waals surface area (Å²) < 4.78 is 26.2. The fraction of sp³-hybridized carbons (Fsp3) is 0.688. The molecule has 0 amide bonds. The van der Waals surface area contributed by atoms with Crippen molar-refractivity contribution >= 4 is 10.0 Å². The minimum absolute atomic E-state index is 0.196. The van der Waals surface area contributed by atoms with Gasteiger partial charge in [0.05, 0.1) is 11.9 Å². The average molecular weight is 323 g/mol. The molecule has 2 aliphatic heterocycles. The molecule has 2 aliphatic rings. The normalized spacial score (nSPS) is 28.0. The summed E-state index contributed by atoms with van der Waals surface area (Å²) in [6.45, 7) is 3.34. The van der Waals surface area contributed by atoms with Crippen molar-refractivity contribution in [1.29, 1.82) is 0 Å². The predicted octanol–water partition coefficient (Wildman–Crippen LogP) is 1.86. The Morgan fingerprint density at radius 3 is 2.73 bits per heavy atom. The molecule has 5 nitrogen and oxygen atoms in total. The molecule has 1 aromatic rings. The van der Waals surface area contributed by atoms with Gasteiger partial charge in [-0.1, -0.05) is 12.5 Å². The lowest BCUT2D eigenvalue weighted by molar-refractivity contribution is 0.0332. The highest BCUT2D eigenvalue weighted by atomic mass is 32.2. The summed E-state index contributed by atoms with van der Waals surface area (Å²) in [5.74, 6) is 0. The van der Waals surface area contributed by atoms with Crippen molar-refractivity contribution in [2.45, 2.75) is 44.2 Å². The van der Waals surface area contributed by atoms with Crippen LogP contribution in [0.2, 0.25) is 0 Å². The highest BCUT2D eigenvalue weighted by Crippen LogP contribution is 2.37. The van der Waals surface area contributed by atoms with E-state index in [2.05, 4.69) is 9.88 Å². The van der Waals surface area contributed by atoms with Crippen LogP contribution in [0.1, 0.15) is 37.8 Å². The van der Waals surface area contributed by atoms with Gasteiger partial charge < -0.3 is 0 Å². The van der Waals surface area contributed by atoms with Crippen LogP contribution in [0.25, 0.3) is 0 Å². The van der Waals surface area contributed by atoms with E-state index in [1.807, 2.05) is 24.4 Å². The number of rotatable bonds is 3. The molecule has 6 heteroatoms. The standard InChI is InChI=1S/C16H25N3O2S/c1-22(20,21)19-12-5-3-8-16(19)9-6-11-18(14-16)13-15-7-2-4-10-17-15/h2,4,7,10H,3,5-6,8-9,11-14H2,1H3/t16-/m0/s1. The molecule has 0 bridgehead atoms. The number of piperidine rings is 2. The molecule has 2 fully saturated rings. The number of aromatic nitrogens is 1. The van der Waals surface area contributed by atoms with Crippen LogP contribution in [0.15, 0.2) is 24.4 Å². The van der Waals surface area contributed by atoms with Gasteiger partial charge in [0.1, 0.15) is 0 Å². The van der Waals surface area contributed by atoms with E-state index in [4.69, 9.17) is 0 Å². The molecule has 0 aromatic carbocycles. The van der Waals surface area contributed by atoms with E-state index >= 15 is 0 Å². The molecular formula is C16H25N3O2S. The van der Waals surface area contributed by atoms with Gasteiger partial charge in [0.25, 0.3) is 0 Å². The summed E-state index contributed by atoms with van der Waals surface area (Å²) in [6.07, 6.45) is 8.31. The first-order valence-electron chi connectivity index (χ1n) is 8.10. The SMILES string of the molecule is CS(=O)(=O)N1CCCC[C@@]12CCCN(Cc1ccccn1)C2. The Labute approximate surface area is 133 Å². The second kappa shape index (κ2) is 6.26. The van der Waals surface area contributed by atoms with Gasteiger partial charge in [-0.15, -0.1) is 0 Å². The number of likely N-dealkylation sites (tertiary alicyclic amines) is 1. The number of pyridine rings is 1. The predicted molar refractivity (Wildman–Crippen MR) is 86.9 cm³/mol. The number of nitrogens with zero attached hydrogens (tertiary/aromatic N) is 3. The summed E-state index contributed by atoms with van der Waals surface area (Å²) in [7, 11) is -3.14. The van der Waals surface area contributed by atoms with E-state index in [0.717, 1.165) is 57.4 Å². The molecule has 0 radical (unpaired) electrons. The maximum atomic E-state index is 12.2. The largest absolute Gasteiger partial charge is 0.296 e. The third-order valence-electron chi connectivity index (χ3n) is 4.93. The fourth-order valence-electron chi connectivity index (χ4n) is 4.06. The van der Waals surface area contributed by atoms with E-state index in [1.165, 1.54) is 6.26 Å². The zero-order valence-electron chi connectivity index (χ0n) is 13.2. The Morgan fingerprint density at radius 2 is 2.00 bits per heavy atom. The Morgan fingerprint density at radius 1 is 1.18 bits per heavy atom. The molecular weight excluding hydrogens is 298 g/mol. The molecule has 1 atom stereocenters. The summed E-state index contributed by atoms with van der Waals surface area (Å²) in [4.78, 5) is 6.77. The van der Waals surface area contributed by atoms with Gasteiger partial charge in [-0.3, -0.25) is 9.88 Å². The molecule has 122 valence electrons. The zero-order chi connectivity index (χ0) is 15.6. The minimum Gasteiger partial charge on any atom is -0.296 e. The maximum absolute atomic E-state index is 12.2. The van der Waals surface area contributed by atoms with Gasteiger partial charge >= 0.3 is 0 Å². The maximum Gasteiger partial charge on any atom is 0.211 e. The van der Waals surface area contributed by atoms with Crippen molar-refractivity contribution in [3.8, 4) is 0 Å². The third-order valence-corrected chi connectivity index (χ3v) is 6.30. The van der Waals surface area contributed by atoms with Crippen LogP contribution in [0.4, 0.5) is 0 Å². The Hall–Kier alpha value is -0.980. The van der Waals surface area contributed by atoms with Crippen molar-refractivity contribution in [3.63, 3.8) is 0 Å². The summed E-state index contributed by atoms with van der Waals surface area (Å²) in [6, 6.07) is 5.97. The topological polar surface area (TPSA) is 53.5 Å². The van der Waals surface area contributed by atoms with Gasteiger partial charge in [0.15, 0.2) is 0 Å². The fourth-order valence-corrected chi connectivity index (χ4v) is 5.46. The van der Waals surface area contributed by atoms with Crippen molar-refractivity contribution in [3.05, 3.63) is 30.1 Å². The van der Waals surface area contributed by atoms with Crippen molar-refractivity contribution in [1.82, 2.24) is 14.2 Å². The van der Waals surface area contributed by atoms with Crippen LogP contribution in [0.5, 0.6) is 0 Å². The average Bonchev–Trinajstić information content (AvgIpc) is 2.47. The molecule has 22 heavy (non-hydrogen) atoms. The lowest BCUT2D eigenvalue weighted by Gasteiger charge is -2.51. The molecule has 3 heterocycles. The number of hydrogen-bond acceptors (Lipinski definition) is 4. The first-order valence-corrected chi connectivity index (χ1v) is 9.95. The third kappa shape index (κ3) is 3.34. The van der Waals surface area contributed by atoms with Gasteiger partial charge in [-0.25, -0.2) is 8.42 Å². The van der Waals surface area contributed by atoms with Crippen LogP contribution in [0.3, 0.4) is 0 Å². The smallest absolute Gasteiger partial charge is 0.211 e. The van der Waals surface area contributed by atoms with Crippen molar-refractivity contribution in [2.24, 2.45) is 0 Å². The summed E-state index contributed by atoms with van der Waals surface area (Å²) >= 11 is 0. The van der Waals surface area contributed by atoms with Crippen LogP contribution in [-0.2, 0) is 16.6 Å². The van der Waals surface area contributed by atoms with E-state index in [0.29, 0.717) is 6.54 Å². The van der Waals surface area contributed by atoms with Gasteiger partial charge in [0, 0.05) is 31.4 Å². The van der Waals surface area contributed by atoms with Crippen LogP contribution in [0, 0.1) is 0 Å². The minimum atomic E-state index is -3.14. The molecule has 0 aliphatic carbocycles. The Bertz CT molecular complexity index is 601.